The summed E-state index contributed by atoms with van der Waals surface area (Å²) in [7, 11) is 0. The first-order chi connectivity index (χ1) is 8.67. The van der Waals surface area contributed by atoms with Crippen molar-refractivity contribution in [1.82, 2.24) is 0 Å². The molecule has 106 valence electrons. The van der Waals surface area contributed by atoms with Crippen LogP contribution in [0.3, 0.4) is 0 Å². The van der Waals surface area contributed by atoms with Crippen LogP contribution < -0.4 is 0 Å². The van der Waals surface area contributed by atoms with Gasteiger partial charge in [-0.15, -0.1) is 0 Å². The van der Waals surface area contributed by atoms with Crippen LogP contribution in [0.15, 0.2) is 11.1 Å². The molecule has 0 aromatic rings. The highest BCUT2D eigenvalue weighted by Crippen LogP contribution is 2.14. The van der Waals surface area contributed by atoms with Gasteiger partial charge in [-0.25, -0.2) is 4.79 Å². The van der Waals surface area contributed by atoms with E-state index in [2.05, 4.69) is 13.8 Å². The van der Waals surface area contributed by atoms with Crippen LogP contribution in [0.5, 0.6) is 0 Å². The van der Waals surface area contributed by atoms with E-state index in [1.807, 2.05) is 13.8 Å². The lowest BCUT2D eigenvalue weighted by atomic mass is 10.0. The van der Waals surface area contributed by atoms with Crippen molar-refractivity contribution in [2.75, 3.05) is 19.8 Å². The van der Waals surface area contributed by atoms with Crippen molar-refractivity contribution >= 4 is 5.97 Å². The van der Waals surface area contributed by atoms with Crippen LogP contribution >= 0.6 is 0 Å². The summed E-state index contributed by atoms with van der Waals surface area (Å²) in [4.78, 5) is 12.0. The maximum Gasteiger partial charge on any atom is 0.336 e. The number of hydrogen-bond donors (Lipinski definition) is 0. The van der Waals surface area contributed by atoms with Crippen LogP contribution in [0.2, 0.25) is 0 Å². The van der Waals surface area contributed by atoms with Gasteiger partial charge < -0.3 is 9.47 Å². The summed E-state index contributed by atoms with van der Waals surface area (Å²) in [5.74, 6) is -0.203. The Bertz CT molecular complexity index is 256. The molecule has 3 heteroatoms. The number of carbonyl (C=O) groups excluding carboxylic acids is 1. The van der Waals surface area contributed by atoms with E-state index in [9.17, 15) is 4.79 Å². The second-order valence-corrected chi connectivity index (χ2v) is 4.49. The van der Waals surface area contributed by atoms with E-state index in [1.165, 1.54) is 0 Å². The first-order valence-corrected chi connectivity index (χ1v) is 7.10. The quantitative estimate of drug-likeness (QED) is 0.338. The zero-order valence-electron chi connectivity index (χ0n) is 12.4. The van der Waals surface area contributed by atoms with Crippen molar-refractivity contribution in [3.63, 3.8) is 0 Å². The second-order valence-electron chi connectivity index (χ2n) is 4.49. The van der Waals surface area contributed by atoms with E-state index in [0.717, 1.165) is 37.7 Å². The molecule has 0 aliphatic rings. The van der Waals surface area contributed by atoms with Crippen LogP contribution in [0, 0.1) is 0 Å². The molecule has 0 saturated heterocycles. The highest BCUT2D eigenvalue weighted by Gasteiger charge is 2.14. The van der Waals surface area contributed by atoms with Gasteiger partial charge in [-0.05, 0) is 33.1 Å². The first-order valence-electron chi connectivity index (χ1n) is 7.10. The summed E-state index contributed by atoms with van der Waals surface area (Å²) in [5, 5.41) is 0. The molecule has 0 heterocycles. The molecule has 3 nitrogen and oxygen atoms in total. The Hall–Kier alpha value is -0.830. The fraction of sp³-hybridized carbons (Fsp3) is 0.800. The molecule has 18 heavy (non-hydrogen) atoms. The third-order valence-electron chi connectivity index (χ3n) is 2.85. The molecule has 0 amide bonds. The Morgan fingerprint density at radius 1 is 1.06 bits per heavy atom. The third-order valence-corrected chi connectivity index (χ3v) is 2.85. The van der Waals surface area contributed by atoms with E-state index in [-0.39, 0.29) is 5.97 Å². The number of carbonyl (C=O) groups is 1. The van der Waals surface area contributed by atoms with Crippen molar-refractivity contribution in [2.24, 2.45) is 0 Å². The summed E-state index contributed by atoms with van der Waals surface area (Å²) in [6.07, 6.45) is 5.13. The van der Waals surface area contributed by atoms with E-state index in [0.29, 0.717) is 25.4 Å². The fourth-order valence-corrected chi connectivity index (χ4v) is 1.55. The number of rotatable bonds is 10. The van der Waals surface area contributed by atoms with Gasteiger partial charge in [-0.2, -0.15) is 0 Å². The van der Waals surface area contributed by atoms with Gasteiger partial charge in [0.1, 0.15) is 0 Å². The maximum atomic E-state index is 12.0. The molecule has 0 aromatic heterocycles. The molecule has 0 fully saturated rings. The second kappa shape index (κ2) is 11.3. The van der Waals surface area contributed by atoms with Gasteiger partial charge >= 0.3 is 5.97 Å². The smallest absolute Gasteiger partial charge is 0.336 e. The van der Waals surface area contributed by atoms with Crippen molar-refractivity contribution in [2.45, 2.75) is 59.8 Å². The van der Waals surface area contributed by atoms with Crippen LogP contribution in [0.25, 0.3) is 0 Å². The van der Waals surface area contributed by atoms with Crippen LogP contribution in [-0.4, -0.2) is 25.8 Å². The number of allylic oxidation sites excluding steroid dienone is 1. The lowest BCUT2D eigenvalue weighted by molar-refractivity contribution is -0.139. The molecule has 0 bridgehead atoms. The summed E-state index contributed by atoms with van der Waals surface area (Å²) >= 11 is 0. The molecule has 0 N–H and O–H groups in total. The van der Waals surface area contributed by atoms with E-state index in [1.54, 1.807) is 0 Å². The van der Waals surface area contributed by atoms with E-state index >= 15 is 0 Å². The minimum atomic E-state index is -0.203. The summed E-state index contributed by atoms with van der Waals surface area (Å²) in [5.41, 5.74) is 1.81. The monoisotopic (exact) mass is 256 g/mol. The van der Waals surface area contributed by atoms with Gasteiger partial charge in [0.2, 0.25) is 0 Å². The van der Waals surface area contributed by atoms with Crippen LogP contribution in [0.1, 0.15) is 59.8 Å². The Morgan fingerprint density at radius 3 is 2.28 bits per heavy atom. The normalized spacial score (nSPS) is 12.2. The largest absolute Gasteiger partial charge is 0.462 e. The molecular formula is C15H28O3. The Balaban J connectivity index is 4.48. The molecule has 0 saturated carbocycles. The molecule has 0 aliphatic carbocycles. The van der Waals surface area contributed by atoms with Gasteiger partial charge in [-0.1, -0.05) is 32.3 Å². The average Bonchev–Trinajstić information content (AvgIpc) is 2.37. The summed E-state index contributed by atoms with van der Waals surface area (Å²) < 4.78 is 10.6. The minimum absolute atomic E-state index is 0.203. The highest BCUT2D eigenvalue weighted by atomic mass is 16.5. The van der Waals surface area contributed by atoms with Gasteiger partial charge in [0.15, 0.2) is 0 Å². The van der Waals surface area contributed by atoms with Crippen molar-refractivity contribution in [1.29, 1.82) is 0 Å². The number of ether oxygens (including phenoxy) is 2. The maximum absolute atomic E-state index is 12.0. The van der Waals surface area contributed by atoms with Gasteiger partial charge in [0.05, 0.1) is 18.8 Å². The van der Waals surface area contributed by atoms with Crippen molar-refractivity contribution in [3.8, 4) is 0 Å². The average molecular weight is 256 g/mol. The van der Waals surface area contributed by atoms with Crippen LogP contribution in [-0.2, 0) is 14.3 Å². The molecule has 0 spiro atoms. The van der Waals surface area contributed by atoms with E-state index < -0.39 is 0 Å². The standard InChI is InChI=1S/C15H28O3/c1-5-8-10-13(4)14(12-17-7-3)15(16)18-11-9-6-2/h5-12H2,1-4H3. The highest BCUT2D eigenvalue weighted by molar-refractivity contribution is 5.89. The Morgan fingerprint density at radius 2 is 1.72 bits per heavy atom. The van der Waals surface area contributed by atoms with Gasteiger partial charge in [0.25, 0.3) is 0 Å². The molecule has 0 aliphatic heterocycles. The van der Waals surface area contributed by atoms with Gasteiger partial charge in [0, 0.05) is 6.61 Å². The lowest BCUT2D eigenvalue weighted by Crippen LogP contribution is -2.15. The van der Waals surface area contributed by atoms with Gasteiger partial charge in [-0.3, -0.25) is 0 Å². The van der Waals surface area contributed by atoms with Crippen molar-refractivity contribution < 1.29 is 14.3 Å². The third kappa shape index (κ3) is 7.49. The minimum Gasteiger partial charge on any atom is -0.462 e. The number of unbranched alkanes of at least 4 members (excludes halogenated alkanes) is 2. The Labute approximate surface area is 112 Å². The molecule has 0 unspecified atom stereocenters. The number of hydrogen-bond acceptors (Lipinski definition) is 3. The van der Waals surface area contributed by atoms with Crippen molar-refractivity contribution in [3.05, 3.63) is 11.1 Å². The molecule has 0 aromatic carbocycles. The predicted octanol–water partition coefficient (Wildman–Crippen LogP) is 3.87. The fourth-order valence-electron chi connectivity index (χ4n) is 1.55. The molecule has 0 radical (unpaired) electrons. The Kier molecular flexibility index (Phi) is 10.8. The summed E-state index contributed by atoms with van der Waals surface area (Å²) in [6, 6.07) is 0. The predicted molar refractivity (Wildman–Crippen MR) is 74.6 cm³/mol. The zero-order valence-corrected chi connectivity index (χ0v) is 12.4. The zero-order chi connectivity index (χ0) is 13.8. The van der Waals surface area contributed by atoms with E-state index in [4.69, 9.17) is 9.47 Å². The van der Waals surface area contributed by atoms with Crippen LogP contribution in [0.4, 0.5) is 0 Å². The molecular weight excluding hydrogens is 228 g/mol. The SMILES string of the molecule is CCCCOC(=O)C(COCC)=C(C)CCCC. The summed E-state index contributed by atoms with van der Waals surface area (Å²) in [6.45, 7) is 9.66. The first kappa shape index (κ1) is 17.2. The molecule has 0 rings (SSSR count). The molecule has 0 atom stereocenters. The lowest BCUT2D eigenvalue weighted by Gasteiger charge is -2.12. The topological polar surface area (TPSA) is 35.5 Å². The number of esters is 1.